The summed E-state index contributed by atoms with van der Waals surface area (Å²) in [6.07, 6.45) is 0. The first-order chi connectivity index (χ1) is 19.7. The van der Waals surface area contributed by atoms with Gasteiger partial charge in [0.1, 0.15) is 0 Å². The Morgan fingerprint density at radius 2 is 1.00 bits per heavy atom. The van der Waals surface area contributed by atoms with E-state index in [9.17, 15) is 0 Å². The minimum atomic E-state index is 0.797. The number of fused-ring (bicyclic) bond motifs is 6. The van der Waals surface area contributed by atoms with Gasteiger partial charge >= 0.3 is 0 Å². The van der Waals surface area contributed by atoms with Crippen molar-refractivity contribution in [2.75, 3.05) is 4.90 Å². The van der Waals surface area contributed by atoms with Gasteiger partial charge in [0.15, 0.2) is 0 Å². The van der Waals surface area contributed by atoms with Crippen LogP contribution in [0, 0.1) is 0 Å². The highest BCUT2D eigenvalue weighted by atomic mass is 35.5. The summed E-state index contributed by atoms with van der Waals surface area (Å²) in [5.41, 5.74) is 5.78. The van der Waals surface area contributed by atoms with Crippen LogP contribution in [0.4, 0.5) is 17.1 Å². The number of thiophene rings is 2. The zero-order valence-electron chi connectivity index (χ0n) is 21.3. The SMILES string of the molecule is Clc1cccc2sc3ccc(N(c4ccc(-c5ccccc5)cc4)c4ccc5sc6ccccc6c5c4)cc3c12. The summed E-state index contributed by atoms with van der Waals surface area (Å²) >= 11 is 10.4. The molecule has 0 fully saturated rings. The van der Waals surface area contributed by atoms with Crippen molar-refractivity contribution in [1.82, 2.24) is 0 Å². The zero-order valence-corrected chi connectivity index (χ0v) is 23.7. The van der Waals surface area contributed by atoms with E-state index in [-0.39, 0.29) is 0 Å². The lowest BCUT2D eigenvalue weighted by Gasteiger charge is -2.26. The third-order valence-electron chi connectivity index (χ3n) is 7.54. The van der Waals surface area contributed by atoms with Crippen molar-refractivity contribution in [3.8, 4) is 11.1 Å². The number of rotatable bonds is 4. The van der Waals surface area contributed by atoms with Crippen LogP contribution in [0.25, 0.3) is 51.5 Å². The molecule has 0 aliphatic heterocycles. The molecule has 0 N–H and O–H groups in total. The summed E-state index contributed by atoms with van der Waals surface area (Å²) in [4.78, 5) is 2.36. The normalized spacial score (nSPS) is 11.6. The standard InChI is InChI=1S/C36H22ClNS2/c37-31-10-6-12-35-36(31)30-22-27(18-20-34(30)40-35)38(25-15-13-24(14-16-25)23-7-2-1-3-8-23)26-17-19-33-29(21-26)28-9-4-5-11-32(28)39-33/h1-22H. The number of nitrogens with zero attached hydrogens (tertiary/aromatic N) is 1. The highest BCUT2D eigenvalue weighted by Gasteiger charge is 2.17. The Hall–Kier alpha value is -4.15. The third kappa shape index (κ3) is 3.89. The number of hydrogen-bond acceptors (Lipinski definition) is 3. The van der Waals surface area contributed by atoms with Gasteiger partial charge in [-0.25, -0.2) is 0 Å². The Kier molecular flexibility index (Phi) is 5.63. The summed E-state index contributed by atoms with van der Waals surface area (Å²) in [6, 6.07) is 47.8. The van der Waals surface area contributed by atoms with Crippen LogP contribution in [0.2, 0.25) is 5.02 Å². The van der Waals surface area contributed by atoms with Crippen LogP contribution in [0.15, 0.2) is 133 Å². The molecule has 190 valence electrons. The molecular weight excluding hydrogens is 546 g/mol. The van der Waals surface area contributed by atoms with E-state index in [0.29, 0.717) is 0 Å². The monoisotopic (exact) mass is 567 g/mol. The van der Waals surface area contributed by atoms with Gasteiger partial charge in [-0.2, -0.15) is 0 Å². The van der Waals surface area contributed by atoms with Gasteiger partial charge in [0.05, 0.1) is 0 Å². The van der Waals surface area contributed by atoms with Gasteiger partial charge in [-0.3, -0.25) is 0 Å². The lowest BCUT2D eigenvalue weighted by Crippen LogP contribution is -2.09. The van der Waals surface area contributed by atoms with Crippen LogP contribution in [0.1, 0.15) is 0 Å². The van der Waals surface area contributed by atoms with Crippen LogP contribution < -0.4 is 4.90 Å². The highest BCUT2D eigenvalue weighted by Crippen LogP contribution is 2.44. The predicted molar refractivity (Wildman–Crippen MR) is 177 cm³/mol. The van der Waals surface area contributed by atoms with E-state index in [1.54, 1.807) is 11.3 Å². The van der Waals surface area contributed by atoms with E-state index < -0.39 is 0 Å². The molecule has 0 bridgehead atoms. The van der Waals surface area contributed by atoms with E-state index >= 15 is 0 Å². The molecule has 0 saturated heterocycles. The van der Waals surface area contributed by atoms with Gasteiger partial charge in [0.2, 0.25) is 0 Å². The van der Waals surface area contributed by atoms with Crippen molar-refractivity contribution in [3.05, 3.63) is 138 Å². The zero-order chi connectivity index (χ0) is 26.6. The molecule has 2 heterocycles. The molecule has 4 heteroatoms. The van der Waals surface area contributed by atoms with Crippen molar-refractivity contribution >= 4 is 91.7 Å². The largest absolute Gasteiger partial charge is 0.310 e. The first kappa shape index (κ1) is 23.7. The molecule has 8 aromatic rings. The molecule has 0 aliphatic rings. The molecule has 40 heavy (non-hydrogen) atoms. The second-order valence-corrected chi connectivity index (χ2v) is 12.5. The second kappa shape index (κ2) is 9.50. The fourth-order valence-corrected chi connectivity index (χ4v) is 8.18. The molecular formula is C36H22ClNS2. The Balaban J connectivity index is 1.34. The maximum atomic E-state index is 6.72. The topological polar surface area (TPSA) is 3.24 Å². The first-order valence-electron chi connectivity index (χ1n) is 13.2. The van der Waals surface area contributed by atoms with E-state index in [2.05, 4.69) is 126 Å². The third-order valence-corrected chi connectivity index (χ3v) is 10.1. The van der Waals surface area contributed by atoms with E-state index in [1.807, 2.05) is 23.5 Å². The molecule has 0 atom stereocenters. The minimum absolute atomic E-state index is 0.797. The smallest absolute Gasteiger partial charge is 0.0499 e. The molecule has 8 rings (SSSR count). The summed E-state index contributed by atoms with van der Waals surface area (Å²) in [5, 5.41) is 5.70. The Morgan fingerprint density at radius 3 is 1.80 bits per heavy atom. The van der Waals surface area contributed by atoms with Crippen LogP contribution in [0.3, 0.4) is 0 Å². The fraction of sp³-hybridized carbons (Fsp3) is 0. The quantitative estimate of drug-likeness (QED) is 0.204. The van der Waals surface area contributed by atoms with Crippen LogP contribution >= 0.6 is 34.3 Å². The van der Waals surface area contributed by atoms with Crippen molar-refractivity contribution in [3.63, 3.8) is 0 Å². The average Bonchev–Trinajstić information content (AvgIpc) is 3.57. The van der Waals surface area contributed by atoms with Gasteiger partial charge < -0.3 is 4.90 Å². The molecule has 0 amide bonds. The fourth-order valence-electron chi connectivity index (χ4n) is 5.64. The molecule has 0 spiro atoms. The summed E-state index contributed by atoms with van der Waals surface area (Å²) in [7, 11) is 0. The molecule has 0 unspecified atom stereocenters. The minimum Gasteiger partial charge on any atom is -0.310 e. The van der Waals surface area contributed by atoms with Gasteiger partial charge in [0.25, 0.3) is 0 Å². The number of benzene rings is 6. The van der Waals surface area contributed by atoms with Gasteiger partial charge in [-0.1, -0.05) is 78.3 Å². The number of anilines is 3. The maximum absolute atomic E-state index is 6.72. The summed E-state index contributed by atoms with van der Waals surface area (Å²) in [6.45, 7) is 0. The Bertz CT molecular complexity index is 2180. The second-order valence-electron chi connectivity index (χ2n) is 9.92. The molecule has 0 radical (unpaired) electrons. The van der Waals surface area contributed by atoms with Gasteiger partial charge in [-0.15, -0.1) is 22.7 Å². The van der Waals surface area contributed by atoms with Crippen LogP contribution in [0.5, 0.6) is 0 Å². The van der Waals surface area contributed by atoms with Crippen LogP contribution in [-0.2, 0) is 0 Å². The molecule has 1 nitrogen and oxygen atoms in total. The lowest BCUT2D eigenvalue weighted by atomic mass is 10.0. The lowest BCUT2D eigenvalue weighted by molar-refractivity contribution is 1.30. The molecule has 0 saturated carbocycles. The van der Waals surface area contributed by atoms with E-state index in [1.165, 1.54) is 46.1 Å². The Morgan fingerprint density at radius 1 is 0.425 bits per heavy atom. The molecule has 2 aromatic heterocycles. The van der Waals surface area contributed by atoms with Gasteiger partial charge in [-0.05, 0) is 77.9 Å². The maximum Gasteiger partial charge on any atom is 0.0499 e. The van der Waals surface area contributed by atoms with Crippen molar-refractivity contribution in [2.45, 2.75) is 0 Å². The van der Waals surface area contributed by atoms with Crippen molar-refractivity contribution in [2.24, 2.45) is 0 Å². The molecule has 6 aromatic carbocycles. The van der Waals surface area contributed by atoms with E-state index in [4.69, 9.17) is 11.6 Å². The van der Waals surface area contributed by atoms with Gasteiger partial charge in [0, 0.05) is 62.4 Å². The molecule has 0 aliphatic carbocycles. The van der Waals surface area contributed by atoms with Crippen molar-refractivity contribution in [1.29, 1.82) is 0 Å². The Labute approximate surface area is 245 Å². The summed E-state index contributed by atoms with van der Waals surface area (Å²) in [5.74, 6) is 0. The van der Waals surface area contributed by atoms with E-state index in [0.717, 1.165) is 27.5 Å². The average molecular weight is 568 g/mol. The highest BCUT2D eigenvalue weighted by molar-refractivity contribution is 7.26. The first-order valence-corrected chi connectivity index (χ1v) is 15.2. The predicted octanol–water partition coefficient (Wildman–Crippen LogP) is 12.2. The number of hydrogen-bond donors (Lipinski definition) is 0. The summed E-state index contributed by atoms with van der Waals surface area (Å²) < 4.78 is 5.07. The van der Waals surface area contributed by atoms with Crippen LogP contribution in [-0.4, -0.2) is 0 Å². The number of halogens is 1. The van der Waals surface area contributed by atoms with Crippen molar-refractivity contribution < 1.29 is 0 Å².